The summed E-state index contributed by atoms with van der Waals surface area (Å²) in [4.78, 5) is 15.2. The summed E-state index contributed by atoms with van der Waals surface area (Å²) in [5.41, 5.74) is 0. The van der Waals surface area contributed by atoms with Crippen LogP contribution in [-0.2, 0) is 0 Å². The lowest BCUT2D eigenvalue weighted by Gasteiger charge is -2.02. The van der Waals surface area contributed by atoms with Gasteiger partial charge in [0.05, 0.1) is 7.11 Å². The minimum absolute atomic E-state index is 0.139. The monoisotopic (exact) mass is 234 g/mol. The molecule has 0 saturated carbocycles. The number of aromatic amines is 1. The first-order valence-corrected chi connectivity index (χ1v) is 4.78. The van der Waals surface area contributed by atoms with Crippen LogP contribution in [0, 0.1) is 0 Å². The quantitative estimate of drug-likeness (QED) is 0.838. The average molecular weight is 234 g/mol. The highest BCUT2D eigenvalue weighted by atomic mass is 16.6. The third-order valence-electron chi connectivity index (χ3n) is 1.82. The molecule has 2 aromatic rings. The lowest BCUT2D eigenvalue weighted by molar-refractivity contribution is 0.215. The zero-order chi connectivity index (χ0) is 12.1. The Morgan fingerprint density at radius 1 is 1.35 bits per heavy atom. The van der Waals surface area contributed by atoms with Gasteiger partial charge in [-0.05, 0) is 12.1 Å². The van der Waals surface area contributed by atoms with Crippen molar-refractivity contribution in [1.82, 2.24) is 15.2 Å². The van der Waals surface area contributed by atoms with Crippen LogP contribution < -0.4 is 14.8 Å². The van der Waals surface area contributed by atoms with Gasteiger partial charge < -0.3 is 9.47 Å². The van der Waals surface area contributed by atoms with E-state index in [0.717, 1.165) is 0 Å². The van der Waals surface area contributed by atoms with E-state index in [4.69, 9.17) is 9.47 Å². The summed E-state index contributed by atoms with van der Waals surface area (Å²) in [7, 11) is 1.43. The van der Waals surface area contributed by atoms with Crippen molar-refractivity contribution in [2.24, 2.45) is 0 Å². The summed E-state index contributed by atoms with van der Waals surface area (Å²) < 4.78 is 9.73. The molecule has 0 spiro atoms. The van der Waals surface area contributed by atoms with Crippen molar-refractivity contribution in [3.05, 3.63) is 30.3 Å². The molecule has 2 rings (SSSR count). The van der Waals surface area contributed by atoms with Crippen LogP contribution in [0.1, 0.15) is 0 Å². The number of anilines is 1. The number of hydrogen-bond acceptors (Lipinski definition) is 5. The van der Waals surface area contributed by atoms with Crippen molar-refractivity contribution in [3.8, 4) is 11.8 Å². The van der Waals surface area contributed by atoms with Crippen LogP contribution in [0.2, 0.25) is 0 Å². The molecule has 2 N–H and O–H groups in total. The Morgan fingerprint density at radius 2 is 2.12 bits per heavy atom. The SMILES string of the molecule is COc1n[nH]c(NC(=O)Oc2ccccc2)n1. The molecule has 0 aliphatic heterocycles. The lowest BCUT2D eigenvalue weighted by Crippen LogP contribution is -2.17. The zero-order valence-corrected chi connectivity index (χ0v) is 9.01. The number of nitrogens with zero attached hydrogens (tertiary/aromatic N) is 2. The van der Waals surface area contributed by atoms with Crippen LogP contribution in [0.5, 0.6) is 11.8 Å². The number of benzene rings is 1. The topological polar surface area (TPSA) is 89.1 Å². The van der Waals surface area contributed by atoms with E-state index in [1.165, 1.54) is 7.11 Å². The fraction of sp³-hybridized carbons (Fsp3) is 0.100. The summed E-state index contributed by atoms with van der Waals surface area (Å²) >= 11 is 0. The average Bonchev–Trinajstić information content (AvgIpc) is 2.78. The maximum atomic E-state index is 11.4. The van der Waals surface area contributed by atoms with Crippen LogP contribution in [0.4, 0.5) is 10.7 Å². The fourth-order valence-electron chi connectivity index (χ4n) is 1.11. The molecule has 1 aromatic heterocycles. The van der Waals surface area contributed by atoms with Gasteiger partial charge in [0.2, 0.25) is 5.95 Å². The molecule has 0 fully saturated rings. The number of methoxy groups -OCH3 is 1. The molecule has 0 radical (unpaired) electrons. The predicted molar refractivity (Wildman–Crippen MR) is 59.0 cm³/mol. The zero-order valence-electron chi connectivity index (χ0n) is 9.01. The molecule has 7 heteroatoms. The molecule has 0 aliphatic rings. The molecule has 17 heavy (non-hydrogen) atoms. The highest BCUT2D eigenvalue weighted by Gasteiger charge is 2.08. The minimum Gasteiger partial charge on any atom is -0.466 e. The molecule has 0 bridgehead atoms. The van der Waals surface area contributed by atoms with Crippen LogP contribution in [0.25, 0.3) is 0 Å². The molecule has 0 saturated heterocycles. The second-order valence-corrected chi connectivity index (χ2v) is 3.00. The lowest BCUT2D eigenvalue weighted by atomic mass is 10.3. The number of hydrogen-bond donors (Lipinski definition) is 2. The van der Waals surface area contributed by atoms with Gasteiger partial charge in [-0.1, -0.05) is 18.2 Å². The van der Waals surface area contributed by atoms with Gasteiger partial charge in [-0.15, -0.1) is 5.10 Å². The fourth-order valence-corrected chi connectivity index (χ4v) is 1.11. The number of carbonyl (C=O) groups excluding carboxylic acids is 1. The van der Waals surface area contributed by atoms with Crippen LogP contribution in [0.3, 0.4) is 0 Å². The Morgan fingerprint density at radius 3 is 2.76 bits per heavy atom. The van der Waals surface area contributed by atoms with Gasteiger partial charge in [-0.25, -0.2) is 9.89 Å². The molecule has 88 valence electrons. The van der Waals surface area contributed by atoms with E-state index >= 15 is 0 Å². The van der Waals surface area contributed by atoms with Crippen LogP contribution in [0.15, 0.2) is 30.3 Å². The first kappa shape index (κ1) is 10.9. The van der Waals surface area contributed by atoms with E-state index in [2.05, 4.69) is 20.5 Å². The highest BCUT2D eigenvalue weighted by molar-refractivity contribution is 5.84. The molecule has 0 atom stereocenters. The van der Waals surface area contributed by atoms with Crippen LogP contribution in [-0.4, -0.2) is 28.4 Å². The molecule has 1 heterocycles. The standard InChI is InChI=1S/C10H10N4O3/c1-16-9-11-8(13-14-9)12-10(15)17-7-5-3-2-4-6-7/h2-6H,1H3,(H2,11,12,13,14,15). The molecule has 7 nitrogen and oxygen atoms in total. The number of H-pyrrole nitrogens is 1. The van der Waals surface area contributed by atoms with Gasteiger partial charge in [-0.2, -0.15) is 4.98 Å². The first-order valence-electron chi connectivity index (χ1n) is 4.78. The Kier molecular flexibility index (Phi) is 3.20. The number of rotatable bonds is 3. The van der Waals surface area contributed by atoms with E-state index in [9.17, 15) is 4.79 Å². The minimum atomic E-state index is -0.657. The Balaban J connectivity index is 1.93. The van der Waals surface area contributed by atoms with Gasteiger partial charge in [0.25, 0.3) is 0 Å². The summed E-state index contributed by atoms with van der Waals surface area (Å²) in [5.74, 6) is 0.597. The largest absolute Gasteiger partial charge is 0.466 e. The smallest absolute Gasteiger partial charge is 0.419 e. The van der Waals surface area contributed by atoms with Crippen molar-refractivity contribution in [3.63, 3.8) is 0 Å². The van der Waals surface area contributed by atoms with Gasteiger partial charge in [0, 0.05) is 0 Å². The van der Waals surface area contributed by atoms with E-state index in [0.29, 0.717) is 5.75 Å². The van der Waals surface area contributed by atoms with Crippen LogP contribution >= 0.6 is 0 Å². The van der Waals surface area contributed by atoms with E-state index < -0.39 is 6.09 Å². The number of amides is 1. The summed E-state index contributed by atoms with van der Waals surface area (Å²) in [5, 5.41) is 8.52. The second-order valence-electron chi connectivity index (χ2n) is 3.00. The summed E-state index contributed by atoms with van der Waals surface area (Å²) in [6.07, 6.45) is -0.657. The molecule has 0 aliphatic carbocycles. The number of ether oxygens (including phenoxy) is 2. The summed E-state index contributed by atoms with van der Waals surface area (Å²) in [6, 6.07) is 8.83. The summed E-state index contributed by atoms with van der Waals surface area (Å²) in [6.45, 7) is 0. The van der Waals surface area contributed by atoms with Crippen molar-refractivity contribution < 1.29 is 14.3 Å². The van der Waals surface area contributed by atoms with Gasteiger partial charge in [0.15, 0.2) is 0 Å². The van der Waals surface area contributed by atoms with Gasteiger partial charge >= 0.3 is 12.1 Å². The Bertz CT molecular complexity index is 497. The van der Waals surface area contributed by atoms with Gasteiger partial charge in [0.1, 0.15) is 5.75 Å². The maximum absolute atomic E-state index is 11.4. The maximum Gasteiger partial charge on any atom is 0.419 e. The van der Waals surface area contributed by atoms with Crippen molar-refractivity contribution in [1.29, 1.82) is 0 Å². The van der Waals surface area contributed by atoms with E-state index in [-0.39, 0.29) is 12.0 Å². The Labute approximate surface area is 96.8 Å². The number of aromatic nitrogens is 3. The normalized spacial score (nSPS) is 9.71. The van der Waals surface area contributed by atoms with Crippen molar-refractivity contribution in [2.45, 2.75) is 0 Å². The molecular weight excluding hydrogens is 224 g/mol. The van der Waals surface area contributed by atoms with Gasteiger partial charge in [-0.3, -0.25) is 5.32 Å². The van der Waals surface area contributed by atoms with E-state index in [1.807, 2.05) is 6.07 Å². The third kappa shape index (κ3) is 2.94. The third-order valence-corrected chi connectivity index (χ3v) is 1.82. The molecule has 1 aromatic carbocycles. The van der Waals surface area contributed by atoms with Crippen molar-refractivity contribution >= 4 is 12.0 Å². The number of para-hydroxylation sites is 1. The first-order chi connectivity index (χ1) is 8.28. The molecule has 0 unspecified atom stereocenters. The number of carbonyl (C=O) groups is 1. The Hall–Kier alpha value is -2.57. The highest BCUT2D eigenvalue weighted by Crippen LogP contribution is 2.10. The van der Waals surface area contributed by atoms with E-state index in [1.54, 1.807) is 24.3 Å². The molecule has 1 amide bonds. The molecular formula is C10H10N4O3. The number of nitrogens with one attached hydrogen (secondary N) is 2. The van der Waals surface area contributed by atoms with Crippen molar-refractivity contribution in [2.75, 3.05) is 12.4 Å². The second kappa shape index (κ2) is 4.97. The predicted octanol–water partition coefficient (Wildman–Crippen LogP) is 1.42.